The summed E-state index contributed by atoms with van der Waals surface area (Å²) >= 11 is 0. The van der Waals surface area contributed by atoms with Gasteiger partial charge in [0.1, 0.15) is 6.54 Å². The molecule has 0 saturated heterocycles. The molecule has 3 rings (SSSR count). The molecule has 130 valence electrons. The summed E-state index contributed by atoms with van der Waals surface area (Å²) in [5.74, 6) is 0.188. The van der Waals surface area contributed by atoms with E-state index in [1.54, 1.807) is 29.2 Å². The monoisotopic (exact) mass is 347 g/mol. The molecule has 26 heavy (non-hydrogen) atoms. The quantitative estimate of drug-likeness (QED) is 0.685. The van der Waals surface area contributed by atoms with Crippen molar-refractivity contribution >= 4 is 17.5 Å². The number of nitrogens with zero attached hydrogens (tertiary/aromatic N) is 5. The summed E-state index contributed by atoms with van der Waals surface area (Å²) in [7, 11) is 1.83. The summed E-state index contributed by atoms with van der Waals surface area (Å²) in [5.41, 5.74) is 3.85. The topological polar surface area (TPSA) is 109 Å². The van der Waals surface area contributed by atoms with Crippen molar-refractivity contribution in [2.45, 2.75) is 6.92 Å². The third-order valence-electron chi connectivity index (χ3n) is 3.71. The number of carbonyl (C=O) groups is 1. The third kappa shape index (κ3) is 3.84. The van der Waals surface area contributed by atoms with Crippen molar-refractivity contribution < 1.29 is 4.79 Å². The Kier molecular flexibility index (Phi) is 4.90. The second-order valence-corrected chi connectivity index (χ2v) is 5.66. The lowest BCUT2D eigenvalue weighted by Crippen LogP contribution is -2.23. The molecule has 0 aliphatic heterocycles. The average molecular weight is 347 g/mol. The number of nitrogens with one attached hydrogen (secondary N) is 2. The van der Waals surface area contributed by atoms with Crippen molar-refractivity contribution in [2.75, 3.05) is 11.9 Å². The highest BCUT2D eigenvalue weighted by molar-refractivity contribution is 5.95. The smallest absolute Gasteiger partial charge is 0.252 e. The van der Waals surface area contributed by atoms with Gasteiger partial charge < -0.3 is 10.6 Å². The molecule has 8 heteroatoms. The van der Waals surface area contributed by atoms with Crippen LogP contribution in [0.25, 0.3) is 11.3 Å². The van der Waals surface area contributed by atoms with E-state index >= 15 is 0 Å². The van der Waals surface area contributed by atoms with Crippen LogP contribution in [-0.4, -0.2) is 32.2 Å². The van der Waals surface area contributed by atoms with E-state index in [0.717, 1.165) is 22.5 Å². The molecule has 0 unspecified atom stereocenters. The Hall–Kier alpha value is -3.73. The van der Waals surface area contributed by atoms with Crippen LogP contribution in [0, 0.1) is 18.3 Å². The fourth-order valence-corrected chi connectivity index (χ4v) is 2.50. The van der Waals surface area contributed by atoms with E-state index < -0.39 is 0 Å². The Morgan fingerprint density at radius 2 is 2.19 bits per heavy atom. The summed E-state index contributed by atoms with van der Waals surface area (Å²) < 4.78 is 1.69. The molecule has 2 heterocycles. The maximum atomic E-state index is 12.0. The fraction of sp³-hybridized carbons (Fsp3) is 0.167. The maximum Gasteiger partial charge on any atom is 0.252 e. The van der Waals surface area contributed by atoms with Gasteiger partial charge in [0.25, 0.3) is 5.91 Å². The number of hydrogen-bond acceptors (Lipinski definition) is 6. The maximum absolute atomic E-state index is 12.0. The molecule has 1 amide bonds. The first-order chi connectivity index (χ1) is 12.6. The molecular formula is C18H17N7O. The Morgan fingerprint density at radius 3 is 2.88 bits per heavy atom. The number of aromatic nitrogens is 4. The molecule has 2 aromatic heterocycles. The van der Waals surface area contributed by atoms with Crippen LogP contribution >= 0.6 is 0 Å². The van der Waals surface area contributed by atoms with Crippen LogP contribution < -0.4 is 10.6 Å². The van der Waals surface area contributed by atoms with Gasteiger partial charge in [-0.3, -0.25) is 9.48 Å². The lowest BCUT2D eigenvalue weighted by molar-refractivity contribution is 0.0958. The molecule has 0 aliphatic rings. The summed E-state index contributed by atoms with van der Waals surface area (Å²) in [6, 6.07) is 9.03. The van der Waals surface area contributed by atoms with Gasteiger partial charge in [0, 0.05) is 30.6 Å². The van der Waals surface area contributed by atoms with Gasteiger partial charge >= 0.3 is 0 Å². The van der Waals surface area contributed by atoms with Gasteiger partial charge in [0.2, 0.25) is 5.95 Å². The molecule has 0 spiro atoms. The van der Waals surface area contributed by atoms with Gasteiger partial charge in [-0.1, -0.05) is 6.07 Å². The summed E-state index contributed by atoms with van der Waals surface area (Å²) in [6.45, 7) is 1.89. The lowest BCUT2D eigenvalue weighted by atomic mass is 10.0. The zero-order valence-corrected chi connectivity index (χ0v) is 14.4. The second-order valence-electron chi connectivity index (χ2n) is 5.66. The predicted octanol–water partition coefficient (Wildman–Crippen LogP) is 2.18. The summed E-state index contributed by atoms with van der Waals surface area (Å²) in [6.07, 6.45) is 5.19. The minimum Gasteiger partial charge on any atom is -0.339 e. The van der Waals surface area contributed by atoms with Crippen molar-refractivity contribution in [2.24, 2.45) is 7.05 Å². The number of anilines is 2. The Morgan fingerprint density at radius 1 is 1.35 bits per heavy atom. The Balaban J connectivity index is 1.83. The van der Waals surface area contributed by atoms with Crippen molar-refractivity contribution in [1.29, 1.82) is 5.26 Å². The summed E-state index contributed by atoms with van der Waals surface area (Å²) in [4.78, 5) is 20.7. The molecular weight excluding hydrogens is 330 g/mol. The van der Waals surface area contributed by atoms with E-state index in [9.17, 15) is 4.79 Å². The van der Waals surface area contributed by atoms with Crippen molar-refractivity contribution in [3.05, 3.63) is 54.0 Å². The average Bonchev–Trinajstić information content (AvgIpc) is 3.04. The van der Waals surface area contributed by atoms with Crippen LogP contribution in [0.1, 0.15) is 15.9 Å². The predicted molar refractivity (Wildman–Crippen MR) is 96.6 cm³/mol. The van der Waals surface area contributed by atoms with Crippen molar-refractivity contribution in [3.8, 4) is 17.3 Å². The first kappa shape index (κ1) is 17.1. The van der Waals surface area contributed by atoms with Crippen molar-refractivity contribution in [3.63, 3.8) is 0 Å². The molecule has 2 N–H and O–H groups in total. The highest BCUT2D eigenvalue weighted by Gasteiger charge is 2.10. The van der Waals surface area contributed by atoms with E-state index in [1.165, 1.54) is 0 Å². The molecule has 0 atom stereocenters. The first-order valence-electron chi connectivity index (χ1n) is 7.91. The highest BCUT2D eigenvalue weighted by atomic mass is 16.1. The normalized spacial score (nSPS) is 10.2. The van der Waals surface area contributed by atoms with Gasteiger partial charge in [0.15, 0.2) is 0 Å². The van der Waals surface area contributed by atoms with Gasteiger partial charge in [-0.25, -0.2) is 9.97 Å². The zero-order valence-electron chi connectivity index (χ0n) is 14.4. The molecule has 0 fully saturated rings. The third-order valence-corrected chi connectivity index (χ3v) is 3.71. The Labute approximate surface area is 150 Å². The number of carbonyl (C=O) groups excluding carboxylic acids is 1. The van der Waals surface area contributed by atoms with Crippen LogP contribution in [-0.2, 0) is 7.05 Å². The van der Waals surface area contributed by atoms with E-state index in [1.807, 2.05) is 38.4 Å². The van der Waals surface area contributed by atoms with Gasteiger partial charge in [-0.05, 0) is 30.7 Å². The van der Waals surface area contributed by atoms with E-state index in [4.69, 9.17) is 5.26 Å². The van der Waals surface area contributed by atoms with E-state index in [-0.39, 0.29) is 12.5 Å². The lowest BCUT2D eigenvalue weighted by Gasteiger charge is -2.09. The van der Waals surface area contributed by atoms with Crippen LogP contribution in [0.2, 0.25) is 0 Å². The molecule has 0 aliphatic carbocycles. The Bertz CT molecular complexity index is 987. The standard InChI is InChI=1S/C18H17N7O/c1-12-9-13(17(26)20-8-6-19)3-4-15(12)16-5-7-21-18(24-16)23-14-10-22-25(2)11-14/h3-5,7,9-11H,8H2,1-2H3,(H,20,26)(H,21,23,24). The van der Waals surface area contributed by atoms with Crippen LogP contribution in [0.3, 0.4) is 0 Å². The summed E-state index contributed by atoms with van der Waals surface area (Å²) in [5, 5.41) is 18.3. The highest BCUT2D eigenvalue weighted by Crippen LogP contribution is 2.24. The minimum atomic E-state index is -0.275. The SMILES string of the molecule is Cc1cc(C(=O)NCC#N)ccc1-c1ccnc(Nc2cnn(C)c2)n1. The molecule has 0 bridgehead atoms. The molecule has 0 saturated carbocycles. The second kappa shape index (κ2) is 7.44. The largest absolute Gasteiger partial charge is 0.339 e. The van der Waals surface area contributed by atoms with Crippen molar-refractivity contribution in [1.82, 2.24) is 25.1 Å². The number of amides is 1. The number of benzene rings is 1. The fourth-order valence-electron chi connectivity index (χ4n) is 2.50. The molecule has 8 nitrogen and oxygen atoms in total. The zero-order chi connectivity index (χ0) is 18.5. The van der Waals surface area contributed by atoms with E-state index in [2.05, 4.69) is 25.7 Å². The van der Waals surface area contributed by atoms with Crippen LogP contribution in [0.5, 0.6) is 0 Å². The number of nitriles is 1. The molecule has 1 aromatic carbocycles. The number of aryl methyl sites for hydroxylation is 2. The van der Waals surface area contributed by atoms with Gasteiger partial charge in [-0.2, -0.15) is 10.4 Å². The van der Waals surface area contributed by atoms with Gasteiger partial charge in [-0.15, -0.1) is 0 Å². The van der Waals surface area contributed by atoms with Crippen LogP contribution in [0.4, 0.5) is 11.6 Å². The van der Waals surface area contributed by atoms with E-state index in [0.29, 0.717) is 11.5 Å². The molecule has 3 aromatic rings. The van der Waals surface area contributed by atoms with Crippen LogP contribution in [0.15, 0.2) is 42.9 Å². The first-order valence-corrected chi connectivity index (χ1v) is 7.91. The minimum absolute atomic E-state index is 0.0189. The number of hydrogen-bond donors (Lipinski definition) is 2. The number of rotatable bonds is 5. The molecule has 0 radical (unpaired) electrons. The van der Waals surface area contributed by atoms with Gasteiger partial charge in [0.05, 0.1) is 23.6 Å².